The lowest BCUT2D eigenvalue weighted by Crippen LogP contribution is -2.10. The van der Waals surface area contributed by atoms with E-state index in [0.29, 0.717) is 0 Å². The molecule has 2 nitrogen and oxygen atoms in total. The van der Waals surface area contributed by atoms with Crippen LogP contribution in [0.5, 0.6) is 0 Å². The maximum atomic E-state index is 6.22. The van der Waals surface area contributed by atoms with Gasteiger partial charge in [-0.05, 0) is 87.6 Å². The molecule has 8 aromatic carbocycles. The van der Waals surface area contributed by atoms with Gasteiger partial charge in [-0.2, -0.15) is 0 Å². The lowest BCUT2D eigenvalue weighted by Gasteiger charge is -2.26. The van der Waals surface area contributed by atoms with E-state index in [1.54, 1.807) is 0 Å². The van der Waals surface area contributed by atoms with Crippen LogP contribution in [0.25, 0.3) is 75.1 Å². The molecule has 2 heterocycles. The van der Waals surface area contributed by atoms with Crippen LogP contribution in [-0.4, -0.2) is 0 Å². The largest absolute Gasteiger partial charge is 0.456 e. The van der Waals surface area contributed by atoms with Crippen molar-refractivity contribution < 1.29 is 4.42 Å². The van der Waals surface area contributed by atoms with Gasteiger partial charge >= 0.3 is 0 Å². The van der Waals surface area contributed by atoms with Crippen LogP contribution in [0.4, 0.5) is 17.1 Å². The Hall–Kier alpha value is -6.16. The van der Waals surface area contributed by atoms with Gasteiger partial charge in [-0.25, -0.2) is 0 Å². The van der Waals surface area contributed by atoms with Crippen LogP contribution in [0.1, 0.15) is 0 Å². The average Bonchev–Trinajstić information content (AvgIpc) is 3.75. The van der Waals surface area contributed by atoms with Crippen molar-refractivity contribution in [1.82, 2.24) is 0 Å². The van der Waals surface area contributed by atoms with Crippen molar-refractivity contribution in [2.24, 2.45) is 0 Å². The normalized spacial score (nSPS) is 11.7. The van der Waals surface area contributed by atoms with Crippen molar-refractivity contribution in [2.75, 3.05) is 4.90 Å². The van der Waals surface area contributed by atoms with Crippen molar-refractivity contribution >= 4 is 81.3 Å². The highest BCUT2D eigenvalue weighted by Gasteiger charge is 2.18. The second kappa shape index (κ2) is 11.2. The molecule has 0 saturated carbocycles. The summed E-state index contributed by atoms with van der Waals surface area (Å²) < 4.78 is 8.86. The second-order valence-electron chi connectivity index (χ2n) is 12.5. The van der Waals surface area contributed by atoms with Gasteiger partial charge in [-0.1, -0.05) is 121 Å². The quantitative estimate of drug-likeness (QED) is 0.186. The Kier molecular flexibility index (Phi) is 6.39. The number of hydrogen-bond acceptors (Lipinski definition) is 3. The molecule has 0 unspecified atom stereocenters. The van der Waals surface area contributed by atoms with Crippen LogP contribution in [-0.2, 0) is 0 Å². The van der Waals surface area contributed by atoms with Crippen LogP contribution < -0.4 is 4.90 Å². The van der Waals surface area contributed by atoms with Crippen LogP contribution in [0.3, 0.4) is 0 Å². The predicted octanol–water partition coefficient (Wildman–Crippen LogP) is 13.9. The molecule has 49 heavy (non-hydrogen) atoms. The third kappa shape index (κ3) is 4.62. The van der Waals surface area contributed by atoms with Crippen LogP contribution in [0, 0.1) is 0 Å². The number of anilines is 3. The average molecular weight is 644 g/mol. The molecule has 0 spiro atoms. The van der Waals surface area contributed by atoms with E-state index >= 15 is 0 Å². The standard InChI is InChI=1S/C46H29NOS/c1-2-10-30(11-3-1)31-20-23-34(24-21-31)47(36-25-26-37-33(29-36)22-27-43-45(37)41-15-4-6-18-42(41)48-43)35-13-8-12-32(28-35)38-16-9-17-40-39-14-5-7-19-44(39)49-46(38)40/h1-29H. The number of fused-ring (bicyclic) bond motifs is 8. The Morgan fingerprint density at radius 3 is 2.00 bits per heavy atom. The number of furan rings is 1. The summed E-state index contributed by atoms with van der Waals surface area (Å²) in [6, 6.07) is 63.3. The maximum absolute atomic E-state index is 6.22. The molecule has 2 aromatic heterocycles. The highest BCUT2D eigenvalue weighted by atomic mass is 32.1. The Bertz CT molecular complexity index is 2830. The van der Waals surface area contributed by atoms with E-state index < -0.39 is 0 Å². The molecule has 0 atom stereocenters. The number of nitrogens with zero attached hydrogens (tertiary/aromatic N) is 1. The fourth-order valence-corrected chi connectivity index (χ4v) is 8.59. The summed E-state index contributed by atoms with van der Waals surface area (Å²) in [4.78, 5) is 2.38. The molecule has 0 aliphatic rings. The molecule has 0 saturated heterocycles. The summed E-state index contributed by atoms with van der Waals surface area (Å²) >= 11 is 1.87. The summed E-state index contributed by atoms with van der Waals surface area (Å²) in [5.41, 5.74) is 10.0. The minimum absolute atomic E-state index is 0.915. The fraction of sp³-hybridized carbons (Fsp3) is 0. The van der Waals surface area contributed by atoms with E-state index in [2.05, 4.69) is 169 Å². The van der Waals surface area contributed by atoms with Crippen molar-refractivity contribution in [3.8, 4) is 22.3 Å². The molecule has 3 heteroatoms. The molecule has 0 amide bonds. The maximum Gasteiger partial charge on any atom is 0.136 e. The zero-order valence-electron chi connectivity index (χ0n) is 26.5. The highest BCUT2D eigenvalue weighted by molar-refractivity contribution is 7.26. The molecule has 0 bridgehead atoms. The number of thiophene rings is 1. The van der Waals surface area contributed by atoms with Gasteiger partial charge in [0, 0.05) is 48.0 Å². The summed E-state index contributed by atoms with van der Waals surface area (Å²) in [6.07, 6.45) is 0. The van der Waals surface area contributed by atoms with Gasteiger partial charge < -0.3 is 9.32 Å². The topological polar surface area (TPSA) is 16.4 Å². The number of benzene rings is 8. The Balaban J connectivity index is 1.15. The van der Waals surface area contributed by atoms with E-state index in [1.807, 2.05) is 23.5 Å². The first-order valence-electron chi connectivity index (χ1n) is 16.6. The minimum atomic E-state index is 0.915. The molecule has 0 aliphatic carbocycles. The van der Waals surface area contributed by atoms with Gasteiger partial charge in [0.15, 0.2) is 0 Å². The van der Waals surface area contributed by atoms with Crippen molar-refractivity contribution in [2.45, 2.75) is 0 Å². The first-order valence-corrected chi connectivity index (χ1v) is 17.4. The monoisotopic (exact) mass is 643 g/mol. The van der Waals surface area contributed by atoms with E-state index in [1.165, 1.54) is 53.2 Å². The van der Waals surface area contributed by atoms with Crippen LogP contribution in [0.15, 0.2) is 180 Å². The Labute approximate surface area is 287 Å². The van der Waals surface area contributed by atoms with E-state index in [-0.39, 0.29) is 0 Å². The number of para-hydroxylation sites is 1. The third-order valence-electron chi connectivity index (χ3n) is 9.65. The Morgan fingerprint density at radius 1 is 0.408 bits per heavy atom. The van der Waals surface area contributed by atoms with Gasteiger partial charge in [-0.15, -0.1) is 11.3 Å². The van der Waals surface area contributed by atoms with E-state index in [4.69, 9.17) is 4.42 Å². The minimum Gasteiger partial charge on any atom is -0.456 e. The van der Waals surface area contributed by atoms with Gasteiger partial charge in [0.05, 0.1) is 0 Å². The van der Waals surface area contributed by atoms with Gasteiger partial charge in [-0.3, -0.25) is 0 Å². The van der Waals surface area contributed by atoms with Crippen LogP contribution in [0.2, 0.25) is 0 Å². The van der Waals surface area contributed by atoms with Crippen molar-refractivity contribution in [3.05, 3.63) is 176 Å². The molecule has 0 aliphatic heterocycles. The summed E-state index contributed by atoms with van der Waals surface area (Å²) in [6.45, 7) is 0. The third-order valence-corrected chi connectivity index (χ3v) is 10.9. The molecular formula is C46H29NOS. The lowest BCUT2D eigenvalue weighted by atomic mass is 10.0. The molecule has 230 valence electrons. The smallest absolute Gasteiger partial charge is 0.136 e. The fourth-order valence-electron chi connectivity index (χ4n) is 7.35. The lowest BCUT2D eigenvalue weighted by molar-refractivity contribution is 0.669. The van der Waals surface area contributed by atoms with Gasteiger partial charge in [0.1, 0.15) is 11.2 Å². The van der Waals surface area contributed by atoms with Gasteiger partial charge in [0.25, 0.3) is 0 Å². The van der Waals surface area contributed by atoms with E-state index in [0.717, 1.165) is 39.0 Å². The Morgan fingerprint density at radius 2 is 1.10 bits per heavy atom. The summed E-state index contributed by atoms with van der Waals surface area (Å²) in [5.74, 6) is 0. The second-order valence-corrected chi connectivity index (χ2v) is 13.6. The molecule has 0 N–H and O–H groups in total. The van der Waals surface area contributed by atoms with Crippen molar-refractivity contribution in [3.63, 3.8) is 0 Å². The first kappa shape index (κ1) is 27.9. The molecule has 10 aromatic rings. The zero-order chi connectivity index (χ0) is 32.3. The number of hydrogen-bond donors (Lipinski definition) is 0. The van der Waals surface area contributed by atoms with Crippen molar-refractivity contribution in [1.29, 1.82) is 0 Å². The molecule has 10 rings (SSSR count). The SMILES string of the molecule is c1ccc(-c2ccc(N(c3cccc(-c4cccc5c4sc4ccccc45)c3)c3ccc4c(ccc5oc6ccccc6c54)c3)cc2)cc1. The first-order chi connectivity index (χ1) is 24.3. The highest BCUT2D eigenvalue weighted by Crippen LogP contribution is 2.43. The zero-order valence-corrected chi connectivity index (χ0v) is 27.3. The molecule has 0 radical (unpaired) electrons. The van der Waals surface area contributed by atoms with E-state index in [9.17, 15) is 0 Å². The van der Waals surface area contributed by atoms with Crippen LogP contribution >= 0.6 is 11.3 Å². The van der Waals surface area contributed by atoms with Gasteiger partial charge in [0.2, 0.25) is 0 Å². The summed E-state index contributed by atoms with van der Waals surface area (Å²) in [7, 11) is 0. The summed E-state index contributed by atoms with van der Waals surface area (Å²) in [5, 5.41) is 7.30. The molecular weight excluding hydrogens is 615 g/mol. The predicted molar refractivity (Wildman–Crippen MR) is 210 cm³/mol. The number of rotatable bonds is 5. The molecule has 0 fully saturated rings.